The van der Waals surface area contributed by atoms with E-state index in [9.17, 15) is 9.59 Å². The van der Waals surface area contributed by atoms with Gasteiger partial charge in [0, 0.05) is 29.7 Å². The Morgan fingerprint density at radius 1 is 1.19 bits per heavy atom. The molecule has 0 atom stereocenters. The van der Waals surface area contributed by atoms with Crippen molar-refractivity contribution in [3.8, 4) is 11.5 Å². The summed E-state index contributed by atoms with van der Waals surface area (Å²) in [5, 5.41) is 5.13. The Labute approximate surface area is 159 Å². The van der Waals surface area contributed by atoms with E-state index in [-0.39, 0.29) is 17.2 Å². The molecule has 0 saturated carbocycles. The average Bonchev–Trinajstić information content (AvgIpc) is 2.95. The van der Waals surface area contributed by atoms with E-state index in [2.05, 4.69) is 5.32 Å². The number of aryl methyl sites for hydroxylation is 1. The number of benzene rings is 2. The molecule has 1 aromatic heterocycles. The number of rotatable bonds is 6. The van der Waals surface area contributed by atoms with E-state index in [0.717, 1.165) is 17.0 Å². The SMILES string of the molecule is Cc1csc(=O)n1CCC(=O)Nc1ccc(Oc2ccccc2Cl)cc1. The molecule has 0 spiro atoms. The molecule has 1 N–H and O–H groups in total. The van der Waals surface area contributed by atoms with Gasteiger partial charge in [-0.25, -0.2) is 0 Å². The lowest BCUT2D eigenvalue weighted by Crippen LogP contribution is -2.20. The molecule has 0 saturated heterocycles. The van der Waals surface area contributed by atoms with Crippen molar-refractivity contribution in [2.75, 3.05) is 5.32 Å². The van der Waals surface area contributed by atoms with Crippen LogP contribution in [-0.4, -0.2) is 10.5 Å². The topological polar surface area (TPSA) is 60.3 Å². The summed E-state index contributed by atoms with van der Waals surface area (Å²) < 4.78 is 7.31. The summed E-state index contributed by atoms with van der Waals surface area (Å²) in [4.78, 5) is 23.7. The summed E-state index contributed by atoms with van der Waals surface area (Å²) in [6, 6.07) is 14.2. The first-order valence-electron chi connectivity index (χ1n) is 8.00. The van der Waals surface area contributed by atoms with Crippen molar-refractivity contribution in [2.45, 2.75) is 19.9 Å². The monoisotopic (exact) mass is 388 g/mol. The number of carbonyl (C=O) groups excluding carboxylic acids is 1. The number of carbonyl (C=O) groups is 1. The van der Waals surface area contributed by atoms with Gasteiger partial charge in [-0.2, -0.15) is 0 Å². The Morgan fingerprint density at radius 2 is 1.92 bits per heavy atom. The average molecular weight is 389 g/mol. The van der Waals surface area contributed by atoms with Crippen LogP contribution in [-0.2, 0) is 11.3 Å². The molecular weight excluding hydrogens is 372 g/mol. The van der Waals surface area contributed by atoms with Crippen LogP contribution in [0.5, 0.6) is 11.5 Å². The molecule has 3 rings (SSSR count). The number of para-hydroxylation sites is 1. The highest BCUT2D eigenvalue weighted by atomic mass is 35.5. The van der Waals surface area contributed by atoms with Gasteiger partial charge in [0.1, 0.15) is 11.5 Å². The lowest BCUT2D eigenvalue weighted by atomic mass is 10.3. The smallest absolute Gasteiger partial charge is 0.307 e. The van der Waals surface area contributed by atoms with E-state index in [0.29, 0.717) is 28.8 Å². The van der Waals surface area contributed by atoms with Gasteiger partial charge in [0.25, 0.3) is 0 Å². The maximum Gasteiger partial charge on any atom is 0.307 e. The van der Waals surface area contributed by atoms with Crippen LogP contribution in [0, 0.1) is 6.92 Å². The Kier molecular flexibility index (Phi) is 5.75. The van der Waals surface area contributed by atoms with Crippen molar-refractivity contribution in [1.29, 1.82) is 0 Å². The number of halogens is 1. The molecule has 0 aliphatic heterocycles. The highest BCUT2D eigenvalue weighted by Crippen LogP contribution is 2.29. The largest absolute Gasteiger partial charge is 0.456 e. The van der Waals surface area contributed by atoms with Crippen molar-refractivity contribution in [3.63, 3.8) is 0 Å². The Bertz CT molecular complexity index is 963. The molecule has 7 heteroatoms. The van der Waals surface area contributed by atoms with Gasteiger partial charge in [0.05, 0.1) is 5.02 Å². The molecule has 26 heavy (non-hydrogen) atoms. The second kappa shape index (κ2) is 8.21. The predicted molar refractivity (Wildman–Crippen MR) is 105 cm³/mol. The molecule has 5 nitrogen and oxygen atoms in total. The first-order valence-corrected chi connectivity index (χ1v) is 9.26. The lowest BCUT2D eigenvalue weighted by molar-refractivity contribution is -0.116. The third-order valence-corrected chi connectivity index (χ3v) is 4.93. The second-order valence-electron chi connectivity index (χ2n) is 5.65. The first kappa shape index (κ1) is 18.2. The Hall–Kier alpha value is -2.57. The molecule has 1 amide bonds. The van der Waals surface area contributed by atoms with Crippen LogP contribution in [0.3, 0.4) is 0 Å². The number of nitrogens with zero attached hydrogens (tertiary/aromatic N) is 1. The van der Waals surface area contributed by atoms with E-state index < -0.39 is 0 Å². The van der Waals surface area contributed by atoms with E-state index in [1.165, 1.54) is 0 Å². The molecule has 2 aromatic carbocycles. The minimum Gasteiger partial charge on any atom is -0.456 e. The van der Waals surface area contributed by atoms with Crippen LogP contribution in [0.25, 0.3) is 0 Å². The van der Waals surface area contributed by atoms with E-state index in [1.54, 1.807) is 46.3 Å². The van der Waals surface area contributed by atoms with Gasteiger partial charge in [0.2, 0.25) is 5.91 Å². The van der Waals surface area contributed by atoms with E-state index >= 15 is 0 Å². The number of ether oxygens (including phenoxy) is 1. The maximum absolute atomic E-state index is 12.1. The first-order chi connectivity index (χ1) is 12.5. The van der Waals surface area contributed by atoms with Gasteiger partial charge >= 0.3 is 4.87 Å². The number of hydrogen-bond donors (Lipinski definition) is 1. The number of thiazole rings is 1. The minimum atomic E-state index is -0.151. The van der Waals surface area contributed by atoms with Gasteiger partial charge in [-0.05, 0) is 43.3 Å². The van der Waals surface area contributed by atoms with E-state index in [4.69, 9.17) is 16.3 Å². The van der Waals surface area contributed by atoms with Gasteiger partial charge in [-0.3, -0.25) is 9.59 Å². The fourth-order valence-electron chi connectivity index (χ4n) is 2.37. The summed E-state index contributed by atoms with van der Waals surface area (Å²) in [5.74, 6) is 1.04. The zero-order chi connectivity index (χ0) is 18.5. The third-order valence-electron chi connectivity index (χ3n) is 3.74. The molecular formula is C19H17ClN2O3S. The Morgan fingerprint density at radius 3 is 2.58 bits per heavy atom. The fourth-order valence-corrected chi connectivity index (χ4v) is 3.31. The molecule has 1 heterocycles. The molecule has 0 unspecified atom stereocenters. The number of anilines is 1. The molecule has 0 aliphatic carbocycles. The van der Waals surface area contributed by atoms with Crippen LogP contribution >= 0.6 is 22.9 Å². The quantitative estimate of drug-likeness (QED) is 0.666. The van der Waals surface area contributed by atoms with E-state index in [1.807, 2.05) is 19.1 Å². The summed E-state index contributed by atoms with van der Waals surface area (Å²) in [7, 11) is 0. The zero-order valence-electron chi connectivity index (χ0n) is 14.1. The number of hydrogen-bond acceptors (Lipinski definition) is 4. The fraction of sp³-hybridized carbons (Fsp3) is 0.158. The summed E-state index contributed by atoms with van der Waals surface area (Å²) >= 11 is 7.21. The van der Waals surface area contributed by atoms with Gasteiger partial charge in [0.15, 0.2) is 0 Å². The summed E-state index contributed by atoms with van der Waals surface area (Å²) in [5.41, 5.74) is 1.53. The standard InChI is InChI=1S/C19H17ClN2O3S/c1-13-12-26-19(24)22(13)11-10-18(23)21-14-6-8-15(9-7-14)25-17-5-3-2-4-16(17)20/h2-9,12H,10-11H2,1H3,(H,21,23). The highest BCUT2D eigenvalue weighted by molar-refractivity contribution is 7.07. The molecule has 0 bridgehead atoms. The van der Waals surface area contributed by atoms with Crippen molar-refractivity contribution < 1.29 is 9.53 Å². The van der Waals surface area contributed by atoms with Gasteiger partial charge in [-0.1, -0.05) is 35.1 Å². The molecule has 3 aromatic rings. The van der Waals surface area contributed by atoms with Gasteiger partial charge < -0.3 is 14.6 Å². The summed E-state index contributed by atoms with van der Waals surface area (Å²) in [6.45, 7) is 2.22. The number of aromatic nitrogens is 1. The number of nitrogens with one attached hydrogen (secondary N) is 1. The Balaban J connectivity index is 1.56. The van der Waals surface area contributed by atoms with Crippen LogP contribution in [0.1, 0.15) is 12.1 Å². The lowest BCUT2D eigenvalue weighted by Gasteiger charge is -2.09. The van der Waals surface area contributed by atoms with Crippen molar-refractivity contribution >= 4 is 34.5 Å². The normalized spacial score (nSPS) is 10.5. The van der Waals surface area contributed by atoms with Crippen molar-refractivity contribution in [1.82, 2.24) is 4.57 Å². The van der Waals surface area contributed by atoms with Gasteiger partial charge in [-0.15, -0.1) is 0 Å². The predicted octanol–water partition coefficient (Wildman–Crippen LogP) is 4.69. The van der Waals surface area contributed by atoms with Crippen LogP contribution in [0.2, 0.25) is 5.02 Å². The zero-order valence-corrected chi connectivity index (χ0v) is 15.6. The summed E-state index contributed by atoms with van der Waals surface area (Å²) in [6.07, 6.45) is 0.232. The van der Waals surface area contributed by atoms with Crippen molar-refractivity contribution in [2.24, 2.45) is 0 Å². The second-order valence-corrected chi connectivity index (χ2v) is 6.88. The molecule has 0 aliphatic rings. The van der Waals surface area contributed by atoms with Crippen molar-refractivity contribution in [3.05, 3.63) is 74.3 Å². The van der Waals surface area contributed by atoms with Crippen LogP contribution in [0.4, 0.5) is 5.69 Å². The third kappa shape index (κ3) is 4.53. The highest BCUT2D eigenvalue weighted by Gasteiger charge is 2.07. The number of amides is 1. The minimum absolute atomic E-state index is 0.0450. The molecule has 134 valence electrons. The van der Waals surface area contributed by atoms with Crippen LogP contribution < -0.4 is 14.9 Å². The van der Waals surface area contributed by atoms with Crippen LogP contribution in [0.15, 0.2) is 58.7 Å². The molecule has 0 radical (unpaired) electrons. The maximum atomic E-state index is 12.1. The molecule has 0 fully saturated rings.